The van der Waals surface area contributed by atoms with Gasteiger partial charge in [-0.2, -0.15) is 0 Å². The van der Waals surface area contributed by atoms with Crippen molar-refractivity contribution >= 4 is 50.2 Å². The third kappa shape index (κ3) is 2.79. The molecule has 1 fully saturated rings. The fourth-order valence-corrected chi connectivity index (χ4v) is 3.59. The number of amides is 1. The van der Waals surface area contributed by atoms with Gasteiger partial charge in [-0.3, -0.25) is 4.79 Å². The van der Waals surface area contributed by atoms with Crippen molar-refractivity contribution in [2.45, 2.75) is 11.7 Å². The number of hydrogen-bond acceptors (Lipinski definition) is 4. The number of carbonyl (C=O) groups is 2. The van der Waals surface area contributed by atoms with Crippen LogP contribution in [0, 0.1) is 3.57 Å². The first-order valence-electron chi connectivity index (χ1n) is 5.55. The summed E-state index contributed by atoms with van der Waals surface area (Å²) in [5.74, 6) is -1.62. The smallest absolute Gasteiger partial charge is 0.337 e. The summed E-state index contributed by atoms with van der Waals surface area (Å²) in [5, 5.41) is 13.2. The predicted octanol–water partition coefficient (Wildman–Crippen LogP) is 0.383. The first-order chi connectivity index (χ1) is 9.21. The zero-order chi connectivity index (χ0) is 15.1. The molecular formula is C11H11IN2O5S. The van der Waals surface area contributed by atoms with Crippen LogP contribution in [-0.2, 0) is 14.8 Å². The lowest BCUT2D eigenvalue weighted by Crippen LogP contribution is -2.33. The number of para-hydroxylation sites is 1. The molecule has 1 saturated heterocycles. The highest BCUT2D eigenvalue weighted by Gasteiger charge is 2.39. The lowest BCUT2D eigenvalue weighted by Gasteiger charge is -2.20. The van der Waals surface area contributed by atoms with Crippen molar-refractivity contribution in [3.8, 4) is 0 Å². The SMILES string of the molecule is NS(=O)(=O)C1CC(=O)N(c2c(I)cccc2C(=O)O)C1. The van der Waals surface area contributed by atoms with Gasteiger partial charge in [0.1, 0.15) is 5.25 Å². The number of rotatable bonds is 3. The van der Waals surface area contributed by atoms with Gasteiger partial charge in [0.15, 0.2) is 0 Å². The van der Waals surface area contributed by atoms with Crippen LogP contribution in [0.2, 0.25) is 0 Å². The van der Waals surface area contributed by atoms with Crippen LogP contribution in [0.15, 0.2) is 18.2 Å². The lowest BCUT2D eigenvalue weighted by atomic mass is 10.1. The van der Waals surface area contributed by atoms with Crippen molar-refractivity contribution in [3.63, 3.8) is 0 Å². The van der Waals surface area contributed by atoms with Gasteiger partial charge in [-0.1, -0.05) is 6.07 Å². The fraction of sp³-hybridized carbons (Fsp3) is 0.273. The quantitative estimate of drug-likeness (QED) is 0.699. The Hall–Kier alpha value is -1.20. The number of nitrogens with zero attached hydrogens (tertiary/aromatic N) is 1. The Balaban J connectivity index is 2.48. The molecule has 1 atom stereocenters. The minimum absolute atomic E-state index is 0.0414. The number of carboxylic acid groups (broad SMARTS) is 1. The first-order valence-corrected chi connectivity index (χ1v) is 8.24. The van der Waals surface area contributed by atoms with E-state index in [1.165, 1.54) is 11.0 Å². The van der Waals surface area contributed by atoms with Crippen LogP contribution >= 0.6 is 22.6 Å². The molecule has 108 valence electrons. The van der Waals surface area contributed by atoms with E-state index < -0.39 is 27.1 Å². The summed E-state index contributed by atoms with van der Waals surface area (Å²) >= 11 is 1.91. The zero-order valence-corrected chi connectivity index (χ0v) is 13.1. The number of hydrogen-bond donors (Lipinski definition) is 2. The maximum atomic E-state index is 12.0. The average molecular weight is 410 g/mol. The number of primary sulfonamides is 1. The second kappa shape index (κ2) is 5.30. The third-order valence-electron chi connectivity index (χ3n) is 3.04. The van der Waals surface area contributed by atoms with Crippen molar-refractivity contribution in [2.24, 2.45) is 5.14 Å². The molecule has 3 N–H and O–H groups in total. The second-order valence-corrected chi connectivity index (χ2v) is 7.37. The molecule has 1 aliphatic rings. The number of sulfonamides is 1. The Bertz CT molecular complexity index is 688. The van der Waals surface area contributed by atoms with Crippen LogP contribution < -0.4 is 10.0 Å². The molecule has 20 heavy (non-hydrogen) atoms. The standard InChI is InChI=1S/C11H11IN2O5S/c12-8-3-1-2-7(11(16)17)10(8)14-5-6(4-9(14)15)20(13,18)19/h1-3,6H,4-5H2,(H,16,17)(H2,13,18,19). The molecule has 0 radical (unpaired) electrons. The summed E-state index contributed by atoms with van der Waals surface area (Å²) in [4.78, 5) is 24.4. The Morgan fingerprint density at radius 1 is 1.45 bits per heavy atom. The highest BCUT2D eigenvalue weighted by atomic mass is 127. The van der Waals surface area contributed by atoms with Crippen LogP contribution in [0.5, 0.6) is 0 Å². The molecule has 1 aromatic carbocycles. The maximum Gasteiger partial charge on any atom is 0.337 e. The summed E-state index contributed by atoms with van der Waals surface area (Å²) in [6.45, 7) is -0.127. The summed E-state index contributed by atoms with van der Waals surface area (Å²) in [6, 6.07) is 4.59. The Labute approximate surface area is 128 Å². The molecule has 1 aliphatic heterocycles. The minimum atomic E-state index is -3.83. The van der Waals surface area contributed by atoms with Gasteiger partial charge in [0.2, 0.25) is 15.9 Å². The largest absolute Gasteiger partial charge is 0.478 e. The summed E-state index contributed by atoms with van der Waals surface area (Å²) in [6.07, 6.45) is -0.233. The highest BCUT2D eigenvalue weighted by Crippen LogP contribution is 2.31. The van der Waals surface area contributed by atoms with Crippen molar-refractivity contribution in [1.82, 2.24) is 0 Å². The molecule has 1 unspecified atom stereocenters. The molecule has 0 spiro atoms. The number of anilines is 1. The van der Waals surface area contributed by atoms with E-state index >= 15 is 0 Å². The summed E-state index contributed by atoms with van der Waals surface area (Å²) in [7, 11) is -3.83. The molecule has 9 heteroatoms. The van der Waals surface area contributed by atoms with E-state index in [-0.39, 0.29) is 24.2 Å². The molecule has 1 aromatic rings. The molecule has 0 bridgehead atoms. The Morgan fingerprint density at radius 3 is 2.60 bits per heavy atom. The van der Waals surface area contributed by atoms with Crippen LogP contribution in [0.3, 0.4) is 0 Å². The number of carboxylic acids is 1. The van der Waals surface area contributed by atoms with Gasteiger partial charge < -0.3 is 10.0 Å². The number of halogens is 1. The van der Waals surface area contributed by atoms with Crippen LogP contribution in [0.25, 0.3) is 0 Å². The molecule has 1 heterocycles. The summed E-state index contributed by atoms with van der Waals surface area (Å²) < 4.78 is 23.2. The van der Waals surface area contributed by atoms with E-state index in [0.717, 1.165) is 0 Å². The summed E-state index contributed by atoms with van der Waals surface area (Å²) in [5.41, 5.74) is 0.178. The average Bonchev–Trinajstić information content (AvgIpc) is 2.70. The van der Waals surface area contributed by atoms with Crippen LogP contribution in [0.4, 0.5) is 5.69 Å². The monoisotopic (exact) mass is 410 g/mol. The van der Waals surface area contributed by atoms with E-state index in [1.807, 2.05) is 22.6 Å². The van der Waals surface area contributed by atoms with E-state index in [0.29, 0.717) is 3.57 Å². The van der Waals surface area contributed by atoms with Gasteiger partial charge >= 0.3 is 5.97 Å². The van der Waals surface area contributed by atoms with Crippen molar-refractivity contribution in [3.05, 3.63) is 27.3 Å². The molecule has 1 amide bonds. The Morgan fingerprint density at radius 2 is 2.10 bits per heavy atom. The van der Waals surface area contributed by atoms with E-state index in [9.17, 15) is 23.1 Å². The number of carbonyl (C=O) groups excluding carboxylic acids is 1. The molecule has 0 saturated carbocycles. The minimum Gasteiger partial charge on any atom is -0.478 e. The van der Waals surface area contributed by atoms with Gasteiger partial charge in [0.05, 0.1) is 11.3 Å². The molecular weight excluding hydrogens is 399 g/mol. The van der Waals surface area contributed by atoms with Gasteiger partial charge in [-0.05, 0) is 34.7 Å². The maximum absolute atomic E-state index is 12.0. The second-order valence-electron chi connectivity index (χ2n) is 4.36. The topological polar surface area (TPSA) is 118 Å². The molecule has 0 aromatic heterocycles. The normalized spacial score (nSPS) is 19.4. The third-order valence-corrected chi connectivity index (χ3v) is 5.16. The lowest BCUT2D eigenvalue weighted by molar-refractivity contribution is -0.117. The van der Waals surface area contributed by atoms with E-state index in [4.69, 9.17) is 5.14 Å². The zero-order valence-electron chi connectivity index (χ0n) is 10.1. The van der Waals surface area contributed by atoms with E-state index in [1.54, 1.807) is 12.1 Å². The van der Waals surface area contributed by atoms with Gasteiger partial charge in [0, 0.05) is 16.5 Å². The first kappa shape index (κ1) is 15.2. The van der Waals surface area contributed by atoms with E-state index in [2.05, 4.69) is 0 Å². The molecule has 2 rings (SSSR count). The molecule has 0 aliphatic carbocycles. The number of benzene rings is 1. The Kier molecular flexibility index (Phi) is 4.02. The van der Waals surface area contributed by atoms with Crippen LogP contribution in [0.1, 0.15) is 16.8 Å². The van der Waals surface area contributed by atoms with Crippen molar-refractivity contribution in [2.75, 3.05) is 11.4 Å². The highest BCUT2D eigenvalue weighted by molar-refractivity contribution is 14.1. The van der Waals surface area contributed by atoms with Crippen LogP contribution in [-0.4, -0.2) is 37.2 Å². The van der Waals surface area contributed by atoms with Gasteiger partial charge in [0.25, 0.3) is 0 Å². The predicted molar refractivity (Wildman–Crippen MR) is 80.0 cm³/mol. The molecule has 7 nitrogen and oxygen atoms in total. The van der Waals surface area contributed by atoms with Gasteiger partial charge in [-0.25, -0.2) is 18.4 Å². The van der Waals surface area contributed by atoms with Gasteiger partial charge in [-0.15, -0.1) is 0 Å². The fourth-order valence-electron chi connectivity index (χ4n) is 2.07. The van der Waals surface area contributed by atoms with Crippen molar-refractivity contribution < 1.29 is 23.1 Å². The number of nitrogens with two attached hydrogens (primary N) is 1. The number of aromatic carboxylic acids is 1. The van der Waals surface area contributed by atoms with Crippen molar-refractivity contribution in [1.29, 1.82) is 0 Å².